The zero-order valence-corrected chi connectivity index (χ0v) is 17.4. The molecule has 1 saturated heterocycles. The summed E-state index contributed by atoms with van der Waals surface area (Å²) in [5, 5.41) is 12.8. The van der Waals surface area contributed by atoms with Gasteiger partial charge in [0.05, 0.1) is 5.54 Å². The number of fused-ring (bicyclic) bond motifs is 4. The average Bonchev–Trinajstić information content (AvgIpc) is 2.94. The van der Waals surface area contributed by atoms with Gasteiger partial charge in [-0.15, -0.1) is 0 Å². The molecule has 10 heteroatoms. The average molecular weight is 449 g/mol. The molecule has 2 N–H and O–H groups in total. The second kappa shape index (κ2) is 7.99. The van der Waals surface area contributed by atoms with Crippen LogP contribution in [0.25, 0.3) is 0 Å². The van der Waals surface area contributed by atoms with Gasteiger partial charge in [-0.3, -0.25) is 14.4 Å². The number of amides is 2. The smallest absolute Gasteiger partial charge is 0.274 e. The van der Waals surface area contributed by atoms with Crippen molar-refractivity contribution in [2.24, 2.45) is 0 Å². The Labute approximate surface area is 181 Å². The molecule has 7 nitrogen and oxygen atoms in total. The van der Waals surface area contributed by atoms with Crippen LogP contribution in [0.4, 0.5) is 13.2 Å². The standard InChI is InChI=1S/C22H22F3N3O4/c1-2-22-5-3-4-6-27(11-22)21(32)17-19(30)18(29)14(10-28(17)22)20(31)26-9-13-15(24)7-12(23)8-16(13)25/h7-8,10,30H,2-6,9,11H2,1H3,(H,26,31)/t22-/m1/s1. The number of carbonyl (C=O) groups is 2. The zero-order valence-electron chi connectivity index (χ0n) is 17.4. The van der Waals surface area contributed by atoms with Crippen LogP contribution in [0.5, 0.6) is 5.75 Å². The SMILES string of the molecule is CC[C@@]12CCCCN(C1)C(=O)c1c(O)c(=O)c(C(=O)NCc3c(F)cc(F)cc3F)cn12. The van der Waals surface area contributed by atoms with Gasteiger partial charge in [-0.2, -0.15) is 0 Å². The molecule has 1 aromatic carbocycles. The van der Waals surface area contributed by atoms with E-state index in [0.717, 1.165) is 12.8 Å². The first kappa shape index (κ1) is 21.9. The van der Waals surface area contributed by atoms with E-state index in [4.69, 9.17) is 0 Å². The lowest BCUT2D eigenvalue weighted by Gasteiger charge is -2.44. The minimum atomic E-state index is -1.18. The van der Waals surface area contributed by atoms with Crippen LogP contribution >= 0.6 is 0 Å². The van der Waals surface area contributed by atoms with Gasteiger partial charge >= 0.3 is 0 Å². The Morgan fingerprint density at radius 3 is 2.53 bits per heavy atom. The van der Waals surface area contributed by atoms with Gasteiger partial charge in [0.2, 0.25) is 5.43 Å². The number of hydrogen-bond donors (Lipinski definition) is 2. The molecular formula is C22H22F3N3O4. The first-order valence-corrected chi connectivity index (χ1v) is 10.4. The van der Waals surface area contributed by atoms with Gasteiger partial charge in [-0.05, 0) is 25.7 Å². The summed E-state index contributed by atoms with van der Waals surface area (Å²) in [5.41, 5.74) is -2.81. The highest BCUT2D eigenvalue weighted by Gasteiger charge is 2.44. The fourth-order valence-corrected chi connectivity index (χ4v) is 4.60. The molecule has 170 valence electrons. The number of carbonyl (C=O) groups excluding carboxylic acids is 2. The van der Waals surface area contributed by atoms with Crippen LogP contribution < -0.4 is 10.7 Å². The lowest BCUT2D eigenvalue weighted by atomic mass is 9.87. The summed E-state index contributed by atoms with van der Waals surface area (Å²) in [5.74, 6) is -5.73. The molecule has 0 radical (unpaired) electrons. The summed E-state index contributed by atoms with van der Waals surface area (Å²) in [6, 6.07) is 0.969. The number of benzene rings is 1. The van der Waals surface area contributed by atoms with Gasteiger partial charge in [0, 0.05) is 43.5 Å². The quantitative estimate of drug-likeness (QED) is 0.751. The first-order chi connectivity index (χ1) is 15.2. The van der Waals surface area contributed by atoms with Crippen molar-refractivity contribution in [1.82, 2.24) is 14.8 Å². The third-order valence-electron chi connectivity index (χ3n) is 6.42. The normalized spacial score (nSPS) is 20.0. The fourth-order valence-electron chi connectivity index (χ4n) is 4.60. The summed E-state index contributed by atoms with van der Waals surface area (Å²) < 4.78 is 42.4. The summed E-state index contributed by atoms with van der Waals surface area (Å²) in [6.07, 6.45) is 4.15. The Morgan fingerprint density at radius 2 is 1.88 bits per heavy atom. The lowest BCUT2D eigenvalue weighted by Crippen LogP contribution is -2.53. The number of aromatic hydroxyl groups is 1. The molecule has 1 fully saturated rings. The molecule has 1 atom stereocenters. The second-order valence-electron chi connectivity index (χ2n) is 8.23. The maximum absolute atomic E-state index is 13.9. The van der Waals surface area contributed by atoms with Gasteiger partial charge < -0.3 is 19.9 Å². The third kappa shape index (κ3) is 3.43. The molecular weight excluding hydrogens is 427 g/mol. The van der Waals surface area contributed by atoms with Gasteiger partial charge in [0.1, 0.15) is 23.0 Å². The number of rotatable bonds is 4. The van der Waals surface area contributed by atoms with E-state index in [-0.39, 0.29) is 5.69 Å². The summed E-state index contributed by atoms with van der Waals surface area (Å²) in [4.78, 5) is 40.0. The molecule has 2 aromatic rings. The molecule has 0 spiro atoms. The third-order valence-corrected chi connectivity index (χ3v) is 6.42. The van der Waals surface area contributed by atoms with Gasteiger partial charge in [-0.25, -0.2) is 13.2 Å². The number of halogens is 3. The molecule has 32 heavy (non-hydrogen) atoms. The number of aromatic nitrogens is 1. The molecule has 1 aromatic heterocycles. The van der Waals surface area contributed by atoms with Crippen LogP contribution in [-0.2, 0) is 12.1 Å². The van der Waals surface area contributed by atoms with Crippen LogP contribution in [0.15, 0.2) is 23.1 Å². The van der Waals surface area contributed by atoms with E-state index in [1.807, 2.05) is 6.92 Å². The number of nitrogens with one attached hydrogen (secondary N) is 1. The summed E-state index contributed by atoms with van der Waals surface area (Å²) in [7, 11) is 0. The van der Waals surface area contributed by atoms with Gasteiger partial charge in [0.15, 0.2) is 11.4 Å². The van der Waals surface area contributed by atoms with Crippen LogP contribution in [-0.4, -0.2) is 39.5 Å². The van der Waals surface area contributed by atoms with E-state index in [1.54, 1.807) is 4.90 Å². The van der Waals surface area contributed by atoms with Crippen LogP contribution in [0, 0.1) is 17.5 Å². The van der Waals surface area contributed by atoms with Crippen molar-refractivity contribution >= 4 is 11.8 Å². The Morgan fingerprint density at radius 1 is 1.19 bits per heavy atom. The Hall–Kier alpha value is -3.30. The molecule has 0 unspecified atom stereocenters. The van der Waals surface area contributed by atoms with Crippen molar-refractivity contribution < 1.29 is 27.9 Å². The minimum absolute atomic E-state index is 0.155. The fraction of sp³-hybridized carbons (Fsp3) is 0.409. The summed E-state index contributed by atoms with van der Waals surface area (Å²) >= 11 is 0. The molecule has 2 aliphatic rings. The van der Waals surface area contributed by atoms with E-state index < -0.39 is 63.7 Å². The molecule has 3 heterocycles. The van der Waals surface area contributed by atoms with Crippen LogP contribution in [0.1, 0.15) is 59.0 Å². The van der Waals surface area contributed by atoms with Crippen LogP contribution in [0.2, 0.25) is 0 Å². The second-order valence-corrected chi connectivity index (χ2v) is 8.23. The molecule has 4 rings (SSSR count). The van der Waals surface area contributed by atoms with Crippen molar-refractivity contribution in [2.75, 3.05) is 13.1 Å². The van der Waals surface area contributed by atoms with Crippen molar-refractivity contribution in [2.45, 2.75) is 44.7 Å². The Balaban J connectivity index is 1.73. The topological polar surface area (TPSA) is 91.6 Å². The summed E-state index contributed by atoms with van der Waals surface area (Å²) in [6.45, 7) is 2.21. The Bertz CT molecular complexity index is 1160. The number of pyridine rings is 1. The van der Waals surface area contributed by atoms with Crippen LogP contribution in [0.3, 0.4) is 0 Å². The molecule has 0 saturated carbocycles. The highest BCUT2D eigenvalue weighted by atomic mass is 19.1. The van der Waals surface area contributed by atoms with Crippen molar-refractivity contribution in [3.8, 4) is 5.75 Å². The Kier molecular flexibility index (Phi) is 5.47. The van der Waals surface area contributed by atoms with E-state index in [9.17, 15) is 32.7 Å². The highest BCUT2D eigenvalue weighted by molar-refractivity contribution is 5.99. The van der Waals surface area contributed by atoms with Gasteiger partial charge in [-0.1, -0.05) is 6.92 Å². The minimum Gasteiger partial charge on any atom is -0.503 e. The molecule has 0 aliphatic carbocycles. The predicted molar refractivity (Wildman–Crippen MR) is 108 cm³/mol. The number of hydrogen-bond acceptors (Lipinski definition) is 4. The zero-order chi connectivity index (χ0) is 23.2. The largest absolute Gasteiger partial charge is 0.503 e. The van der Waals surface area contributed by atoms with E-state index in [2.05, 4.69) is 5.32 Å². The molecule has 2 amide bonds. The maximum atomic E-state index is 13.9. The van der Waals surface area contributed by atoms with Gasteiger partial charge in [0.25, 0.3) is 11.8 Å². The monoisotopic (exact) mass is 449 g/mol. The first-order valence-electron chi connectivity index (χ1n) is 10.4. The lowest BCUT2D eigenvalue weighted by molar-refractivity contribution is 0.0559. The molecule has 2 bridgehead atoms. The maximum Gasteiger partial charge on any atom is 0.274 e. The highest BCUT2D eigenvalue weighted by Crippen LogP contribution is 2.38. The molecule has 2 aliphatic heterocycles. The van der Waals surface area contributed by atoms with E-state index in [0.29, 0.717) is 38.1 Å². The van der Waals surface area contributed by atoms with Crippen molar-refractivity contribution in [3.63, 3.8) is 0 Å². The van der Waals surface area contributed by atoms with Crippen molar-refractivity contribution in [1.29, 1.82) is 0 Å². The van der Waals surface area contributed by atoms with Crippen molar-refractivity contribution in [3.05, 3.63) is 62.8 Å². The van der Waals surface area contributed by atoms with E-state index in [1.165, 1.54) is 10.8 Å². The predicted octanol–water partition coefficient (Wildman–Crippen LogP) is 2.65. The number of nitrogens with zero attached hydrogens (tertiary/aromatic N) is 2. The van der Waals surface area contributed by atoms with E-state index >= 15 is 0 Å².